The molecule has 0 N–H and O–H groups in total. The summed E-state index contributed by atoms with van der Waals surface area (Å²) in [6, 6.07) is 10.1. The van der Waals surface area contributed by atoms with Gasteiger partial charge in [-0.1, -0.05) is 30.3 Å². The minimum atomic E-state index is -0.0730. The van der Waals surface area contributed by atoms with Crippen molar-refractivity contribution in [3.8, 4) is 0 Å². The number of benzene rings is 1. The standard InChI is InChI=1S/C18H19N3O2/c22-18(15-10-19-8-9-20-15)21-11-16(13-4-2-1-3-5-13)23-17(12-21)14-6-7-14/h1-5,8-10,14,16-17H,6-7,11-12H2/t16-,17+/m0/s1. The van der Waals surface area contributed by atoms with E-state index in [2.05, 4.69) is 22.1 Å². The van der Waals surface area contributed by atoms with E-state index in [1.165, 1.54) is 19.0 Å². The Morgan fingerprint density at radius 1 is 1.13 bits per heavy atom. The first-order valence-electron chi connectivity index (χ1n) is 8.07. The van der Waals surface area contributed by atoms with Crippen LogP contribution in [0.15, 0.2) is 48.9 Å². The van der Waals surface area contributed by atoms with Crippen molar-refractivity contribution in [2.75, 3.05) is 13.1 Å². The monoisotopic (exact) mass is 309 g/mol. The quantitative estimate of drug-likeness (QED) is 0.874. The van der Waals surface area contributed by atoms with Gasteiger partial charge in [-0.25, -0.2) is 4.98 Å². The van der Waals surface area contributed by atoms with E-state index < -0.39 is 0 Å². The van der Waals surface area contributed by atoms with Gasteiger partial charge < -0.3 is 9.64 Å². The Bertz CT molecular complexity index is 673. The van der Waals surface area contributed by atoms with Crippen LogP contribution >= 0.6 is 0 Å². The molecule has 2 atom stereocenters. The van der Waals surface area contributed by atoms with Crippen LogP contribution in [-0.2, 0) is 4.74 Å². The summed E-state index contributed by atoms with van der Waals surface area (Å²) in [6.45, 7) is 1.20. The summed E-state index contributed by atoms with van der Waals surface area (Å²) >= 11 is 0. The van der Waals surface area contributed by atoms with E-state index in [-0.39, 0.29) is 18.1 Å². The van der Waals surface area contributed by atoms with E-state index >= 15 is 0 Å². The van der Waals surface area contributed by atoms with Crippen LogP contribution in [0.5, 0.6) is 0 Å². The van der Waals surface area contributed by atoms with Gasteiger partial charge in [0.2, 0.25) is 0 Å². The van der Waals surface area contributed by atoms with Crippen LogP contribution in [0.3, 0.4) is 0 Å². The minimum Gasteiger partial charge on any atom is -0.366 e. The lowest BCUT2D eigenvalue weighted by molar-refractivity contribution is -0.0865. The van der Waals surface area contributed by atoms with Crippen molar-refractivity contribution in [3.63, 3.8) is 0 Å². The molecule has 0 unspecified atom stereocenters. The van der Waals surface area contributed by atoms with Gasteiger partial charge >= 0.3 is 0 Å². The molecule has 1 aromatic carbocycles. The second kappa shape index (κ2) is 6.08. The van der Waals surface area contributed by atoms with Crippen molar-refractivity contribution < 1.29 is 9.53 Å². The molecule has 1 amide bonds. The molecular formula is C18H19N3O2. The molecule has 5 heteroatoms. The fraction of sp³-hybridized carbons (Fsp3) is 0.389. The lowest BCUT2D eigenvalue weighted by Crippen LogP contribution is -2.48. The zero-order valence-corrected chi connectivity index (χ0v) is 12.8. The molecule has 23 heavy (non-hydrogen) atoms. The first kappa shape index (κ1) is 14.3. The number of amides is 1. The van der Waals surface area contributed by atoms with Gasteiger partial charge in [0.1, 0.15) is 11.8 Å². The number of carbonyl (C=O) groups is 1. The molecule has 0 bridgehead atoms. The zero-order valence-electron chi connectivity index (χ0n) is 12.8. The second-order valence-electron chi connectivity index (χ2n) is 6.21. The molecule has 118 valence electrons. The molecule has 2 fully saturated rings. The Balaban J connectivity index is 1.57. The molecule has 1 aliphatic heterocycles. The highest BCUT2D eigenvalue weighted by Gasteiger charge is 2.40. The summed E-state index contributed by atoms with van der Waals surface area (Å²) in [5.41, 5.74) is 1.52. The normalized spacial score (nSPS) is 24.4. The van der Waals surface area contributed by atoms with Crippen molar-refractivity contribution in [1.82, 2.24) is 14.9 Å². The Labute approximate surface area is 135 Å². The van der Waals surface area contributed by atoms with E-state index in [4.69, 9.17) is 4.74 Å². The summed E-state index contributed by atoms with van der Waals surface area (Å²) in [5.74, 6) is 0.520. The third kappa shape index (κ3) is 3.10. The van der Waals surface area contributed by atoms with Crippen molar-refractivity contribution in [3.05, 3.63) is 60.2 Å². The Morgan fingerprint density at radius 2 is 1.96 bits per heavy atom. The highest BCUT2D eigenvalue weighted by Crippen LogP contribution is 2.39. The second-order valence-corrected chi connectivity index (χ2v) is 6.21. The van der Waals surface area contributed by atoms with E-state index in [0.717, 1.165) is 5.56 Å². The molecule has 0 spiro atoms. The molecule has 1 saturated heterocycles. The maximum atomic E-state index is 12.7. The summed E-state index contributed by atoms with van der Waals surface area (Å²) in [5, 5.41) is 0. The molecule has 1 aliphatic carbocycles. The topological polar surface area (TPSA) is 55.3 Å². The zero-order chi connectivity index (χ0) is 15.6. The van der Waals surface area contributed by atoms with Crippen molar-refractivity contribution in [1.29, 1.82) is 0 Å². The SMILES string of the molecule is O=C(c1cnccn1)N1C[C@@H](c2ccccc2)O[C@@H](C2CC2)C1. The number of hydrogen-bond acceptors (Lipinski definition) is 4. The number of hydrogen-bond donors (Lipinski definition) is 0. The lowest BCUT2D eigenvalue weighted by atomic mass is 10.0. The molecule has 1 aromatic heterocycles. The van der Waals surface area contributed by atoms with Crippen molar-refractivity contribution in [2.24, 2.45) is 5.92 Å². The van der Waals surface area contributed by atoms with Gasteiger partial charge in [-0.15, -0.1) is 0 Å². The van der Waals surface area contributed by atoms with Crippen LogP contribution in [0.4, 0.5) is 0 Å². The van der Waals surface area contributed by atoms with Crippen LogP contribution in [-0.4, -0.2) is 40.0 Å². The van der Waals surface area contributed by atoms with Crippen LogP contribution in [0.25, 0.3) is 0 Å². The number of ether oxygens (including phenoxy) is 1. The van der Waals surface area contributed by atoms with Crippen LogP contribution < -0.4 is 0 Å². The first-order valence-corrected chi connectivity index (χ1v) is 8.07. The third-order valence-electron chi connectivity index (χ3n) is 4.51. The number of carbonyl (C=O) groups excluding carboxylic acids is 1. The van der Waals surface area contributed by atoms with Gasteiger partial charge in [-0.2, -0.15) is 0 Å². The maximum Gasteiger partial charge on any atom is 0.274 e. The third-order valence-corrected chi connectivity index (χ3v) is 4.51. The predicted octanol–water partition coefficient (Wildman–Crippen LogP) is 2.47. The van der Waals surface area contributed by atoms with E-state index in [0.29, 0.717) is 24.7 Å². The fourth-order valence-electron chi connectivity index (χ4n) is 3.11. The molecule has 2 aliphatic rings. The van der Waals surface area contributed by atoms with E-state index in [9.17, 15) is 4.79 Å². The summed E-state index contributed by atoms with van der Waals surface area (Å²) in [4.78, 5) is 22.7. The fourth-order valence-corrected chi connectivity index (χ4v) is 3.11. The van der Waals surface area contributed by atoms with Crippen LogP contribution in [0.2, 0.25) is 0 Å². The predicted molar refractivity (Wildman–Crippen MR) is 84.7 cm³/mol. The van der Waals surface area contributed by atoms with Gasteiger partial charge in [-0.05, 0) is 24.3 Å². The lowest BCUT2D eigenvalue weighted by Gasteiger charge is -2.38. The molecule has 0 radical (unpaired) electrons. The van der Waals surface area contributed by atoms with Gasteiger partial charge in [0.15, 0.2) is 0 Å². The molecule has 5 nitrogen and oxygen atoms in total. The minimum absolute atomic E-state index is 0.0621. The van der Waals surface area contributed by atoms with Crippen molar-refractivity contribution >= 4 is 5.91 Å². The number of morpholine rings is 1. The van der Waals surface area contributed by atoms with E-state index in [1.54, 1.807) is 12.4 Å². The number of nitrogens with zero attached hydrogens (tertiary/aromatic N) is 3. The Morgan fingerprint density at radius 3 is 2.65 bits per heavy atom. The molecule has 4 rings (SSSR count). The smallest absolute Gasteiger partial charge is 0.274 e. The van der Waals surface area contributed by atoms with Crippen LogP contribution in [0, 0.1) is 5.92 Å². The van der Waals surface area contributed by atoms with E-state index in [1.807, 2.05) is 23.1 Å². The van der Waals surface area contributed by atoms with Gasteiger partial charge in [0.05, 0.1) is 18.8 Å². The average Bonchev–Trinajstić information content (AvgIpc) is 3.47. The van der Waals surface area contributed by atoms with Gasteiger partial charge in [-0.3, -0.25) is 9.78 Å². The first-order chi connectivity index (χ1) is 11.3. The van der Waals surface area contributed by atoms with Gasteiger partial charge in [0, 0.05) is 18.9 Å². The molecule has 2 aromatic rings. The maximum absolute atomic E-state index is 12.7. The number of aromatic nitrogens is 2. The van der Waals surface area contributed by atoms with Crippen molar-refractivity contribution in [2.45, 2.75) is 25.0 Å². The highest BCUT2D eigenvalue weighted by atomic mass is 16.5. The molecule has 2 heterocycles. The average molecular weight is 309 g/mol. The summed E-state index contributed by atoms with van der Waals surface area (Å²) in [6.07, 6.45) is 7.10. The molecule has 1 saturated carbocycles. The largest absolute Gasteiger partial charge is 0.366 e. The molecular weight excluding hydrogens is 290 g/mol. The summed E-state index contributed by atoms with van der Waals surface area (Å²) in [7, 11) is 0. The Kier molecular flexibility index (Phi) is 3.79. The van der Waals surface area contributed by atoms with Gasteiger partial charge in [0.25, 0.3) is 5.91 Å². The Hall–Kier alpha value is -2.27. The number of rotatable bonds is 3. The summed E-state index contributed by atoms with van der Waals surface area (Å²) < 4.78 is 6.28. The highest BCUT2D eigenvalue weighted by molar-refractivity contribution is 5.92. The van der Waals surface area contributed by atoms with Crippen LogP contribution in [0.1, 0.15) is 35.0 Å².